The van der Waals surface area contributed by atoms with Crippen molar-refractivity contribution in [2.75, 3.05) is 6.54 Å². The predicted octanol–water partition coefficient (Wildman–Crippen LogP) is 4.85. The van der Waals surface area contributed by atoms with Crippen molar-refractivity contribution in [3.05, 3.63) is 64.2 Å². The van der Waals surface area contributed by atoms with Crippen LogP contribution in [0.1, 0.15) is 42.6 Å². The third-order valence-corrected chi connectivity index (χ3v) is 3.95. The smallest absolute Gasteiger partial charge is 0.137 e. The monoisotopic (exact) mass is 303 g/mol. The Bertz CT molecular complexity index is 610. The SMILES string of the molecule is Cc1cc(OC(CN)c2ccccc2Cl)ccc1C(C)C. The molecule has 0 aliphatic heterocycles. The minimum Gasteiger partial charge on any atom is -0.484 e. The summed E-state index contributed by atoms with van der Waals surface area (Å²) in [4.78, 5) is 0. The first-order valence-electron chi connectivity index (χ1n) is 7.24. The van der Waals surface area contributed by atoms with Crippen LogP contribution in [0.4, 0.5) is 0 Å². The number of halogens is 1. The zero-order valence-electron chi connectivity index (χ0n) is 12.8. The zero-order valence-corrected chi connectivity index (χ0v) is 13.5. The molecule has 3 heteroatoms. The topological polar surface area (TPSA) is 35.2 Å². The van der Waals surface area contributed by atoms with E-state index in [1.807, 2.05) is 30.3 Å². The van der Waals surface area contributed by atoms with Gasteiger partial charge in [0.25, 0.3) is 0 Å². The van der Waals surface area contributed by atoms with Crippen LogP contribution in [-0.2, 0) is 0 Å². The van der Waals surface area contributed by atoms with Crippen molar-refractivity contribution in [3.63, 3.8) is 0 Å². The molecule has 2 aromatic carbocycles. The molecule has 21 heavy (non-hydrogen) atoms. The highest BCUT2D eigenvalue weighted by atomic mass is 35.5. The Hall–Kier alpha value is -1.51. The summed E-state index contributed by atoms with van der Waals surface area (Å²) in [6, 6.07) is 13.8. The van der Waals surface area contributed by atoms with Crippen molar-refractivity contribution in [2.24, 2.45) is 5.73 Å². The summed E-state index contributed by atoms with van der Waals surface area (Å²) >= 11 is 6.23. The number of rotatable bonds is 5. The Morgan fingerprint density at radius 3 is 2.38 bits per heavy atom. The van der Waals surface area contributed by atoms with Gasteiger partial charge in [-0.1, -0.05) is 49.7 Å². The molecule has 112 valence electrons. The number of nitrogens with two attached hydrogens (primary N) is 1. The van der Waals surface area contributed by atoms with E-state index in [9.17, 15) is 0 Å². The molecule has 2 nitrogen and oxygen atoms in total. The first kappa shape index (κ1) is 15.9. The first-order chi connectivity index (χ1) is 10.0. The normalized spacial score (nSPS) is 12.5. The molecular formula is C18H22ClNO. The molecule has 0 bridgehead atoms. The van der Waals surface area contributed by atoms with Gasteiger partial charge in [-0.3, -0.25) is 0 Å². The summed E-state index contributed by atoms with van der Waals surface area (Å²) in [5.74, 6) is 1.33. The molecule has 0 heterocycles. The molecule has 1 atom stereocenters. The van der Waals surface area contributed by atoms with Crippen LogP contribution in [0.3, 0.4) is 0 Å². The third-order valence-electron chi connectivity index (χ3n) is 3.61. The highest BCUT2D eigenvalue weighted by Crippen LogP contribution is 2.29. The van der Waals surface area contributed by atoms with E-state index in [1.165, 1.54) is 11.1 Å². The van der Waals surface area contributed by atoms with Crippen molar-refractivity contribution in [2.45, 2.75) is 32.8 Å². The Labute approximate surface area is 131 Å². The highest BCUT2D eigenvalue weighted by Gasteiger charge is 2.15. The van der Waals surface area contributed by atoms with Gasteiger partial charge in [0, 0.05) is 17.1 Å². The van der Waals surface area contributed by atoms with Gasteiger partial charge in [0.2, 0.25) is 0 Å². The molecule has 0 saturated heterocycles. The van der Waals surface area contributed by atoms with Gasteiger partial charge in [-0.05, 0) is 42.2 Å². The molecule has 0 aromatic heterocycles. The van der Waals surface area contributed by atoms with E-state index in [0.29, 0.717) is 17.5 Å². The molecule has 1 unspecified atom stereocenters. The van der Waals surface area contributed by atoms with Crippen molar-refractivity contribution in [1.29, 1.82) is 0 Å². The molecular weight excluding hydrogens is 282 g/mol. The van der Waals surface area contributed by atoms with Crippen molar-refractivity contribution in [3.8, 4) is 5.75 Å². The number of benzene rings is 2. The van der Waals surface area contributed by atoms with E-state index in [0.717, 1.165) is 11.3 Å². The van der Waals surface area contributed by atoms with E-state index >= 15 is 0 Å². The van der Waals surface area contributed by atoms with Crippen molar-refractivity contribution < 1.29 is 4.74 Å². The molecule has 0 radical (unpaired) electrons. The predicted molar refractivity (Wildman–Crippen MR) is 89.1 cm³/mol. The second-order valence-electron chi connectivity index (χ2n) is 5.54. The maximum atomic E-state index is 6.23. The van der Waals surface area contributed by atoms with E-state index in [2.05, 4.69) is 32.9 Å². The van der Waals surface area contributed by atoms with Gasteiger partial charge >= 0.3 is 0 Å². The molecule has 0 spiro atoms. The first-order valence-corrected chi connectivity index (χ1v) is 7.62. The van der Waals surface area contributed by atoms with Gasteiger partial charge in [0.1, 0.15) is 11.9 Å². The minimum absolute atomic E-state index is 0.233. The number of hydrogen-bond acceptors (Lipinski definition) is 2. The number of ether oxygens (including phenoxy) is 1. The van der Waals surface area contributed by atoms with Crippen LogP contribution < -0.4 is 10.5 Å². The van der Waals surface area contributed by atoms with Gasteiger partial charge < -0.3 is 10.5 Å². The van der Waals surface area contributed by atoms with E-state index < -0.39 is 0 Å². The second kappa shape index (κ2) is 6.97. The largest absolute Gasteiger partial charge is 0.484 e. The minimum atomic E-state index is -0.233. The zero-order chi connectivity index (χ0) is 15.4. The van der Waals surface area contributed by atoms with Crippen LogP contribution in [0.2, 0.25) is 5.02 Å². The fourth-order valence-corrected chi connectivity index (χ4v) is 2.77. The fourth-order valence-electron chi connectivity index (χ4n) is 2.51. The van der Waals surface area contributed by atoms with Crippen LogP contribution in [-0.4, -0.2) is 6.54 Å². The van der Waals surface area contributed by atoms with Crippen LogP contribution in [0.15, 0.2) is 42.5 Å². The van der Waals surface area contributed by atoms with Gasteiger partial charge in [-0.15, -0.1) is 0 Å². The molecule has 2 N–H and O–H groups in total. The summed E-state index contributed by atoms with van der Waals surface area (Å²) in [6.07, 6.45) is -0.233. The van der Waals surface area contributed by atoms with E-state index in [-0.39, 0.29) is 6.10 Å². The van der Waals surface area contributed by atoms with Gasteiger partial charge in [0.15, 0.2) is 0 Å². The lowest BCUT2D eigenvalue weighted by atomic mass is 9.98. The number of aryl methyl sites for hydroxylation is 1. The van der Waals surface area contributed by atoms with Crippen molar-refractivity contribution in [1.82, 2.24) is 0 Å². The summed E-state index contributed by atoms with van der Waals surface area (Å²) in [5, 5.41) is 0.684. The lowest BCUT2D eigenvalue weighted by Crippen LogP contribution is -2.19. The Morgan fingerprint density at radius 1 is 1.10 bits per heavy atom. The fraction of sp³-hybridized carbons (Fsp3) is 0.333. The molecule has 0 saturated carbocycles. The van der Waals surface area contributed by atoms with Crippen LogP contribution in [0, 0.1) is 6.92 Å². The van der Waals surface area contributed by atoms with Crippen LogP contribution in [0.5, 0.6) is 5.75 Å². The van der Waals surface area contributed by atoms with Gasteiger partial charge in [0.05, 0.1) is 0 Å². The average Bonchev–Trinajstić information content (AvgIpc) is 2.45. The lowest BCUT2D eigenvalue weighted by Gasteiger charge is -2.20. The molecule has 2 aromatic rings. The average molecular weight is 304 g/mol. The van der Waals surface area contributed by atoms with Gasteiger partial charge in [-0.2, -0.15) is 0 Å². The van der Waals surface area contributed by atoms with Crippen molar-refractivity contribution >= 4 is 11.6 Å². The summed E-state index contributed by atoms with van der Waals surface area (Å²) in [7, 11) is 0. The molecule has 0 aliphatic carbocycles. The third kappa shape index (κ3) is 3.78. The van der Waals surface area contributed by atoms with Gasteiger partial charge in [-0.25, -0.2) is 0 Å². The maximum Gasteiger partial charge on any atom is 0.137 e. The molecule has 0 aliphatic rings. The molecule has 0 amide bonds. The summed E-state index contributed by atoms with van der Waals surface area (Å²) < 4.78 is 6.04. The summed E-state index contributed by atoms with van der Waals surface area (Å²) in [6.45, 7) is 6.87. The quantitative estimate of drug-likeness (QED) is 0.857. The molecule has 2 rings (SSSR count). The lowest BCUT2D eigenvalue weighted by molar-refractivity contribution is 0.214. The Morgan fingerprint density at radius 2 is 1.81 bits per heavy atom. The van der Waals surface area contributed by atoms with Crippen LogP contribution >= 0.6 is 11.6 Å². The molecule has 0 fully saturated rings. The Kier molecular flexibility index (Phi) is 5.27. The van der Waals surface area contributed by atoms with Crippen LogP contribution in [0.25, 0.3) is 0 Å². The Balaban J connectivity index is 2.23. The summed E-state index contributed by atoms with van der Waals surface area (Å²) in [5.41, 5.74) is 9.35. The number of hydrogen-bond donors (Lipinski definition) is 1. The highest BCUT2D eigenvalue weighted by molar-refractivity contribution is 6.31. The van der Waals surface area contributed by atoms with E-state index in [4.69, 9.17) is 22.1 Å². The van der Waals surface area contributed by atoms with E-state index in [1.54, 1.807) is 0 Å². The second-order valence-corrected chi connectivity index (χ2v) is 5.94. The standard InChI is InChI=1S/C18H22ClNO/c1-12(2)15-9-8-14(10-13(15)3)21-18(11-20)16-6-4-5-7-17(16)19/h4-10,12,18H,11,20H2,1-3H3. The maximum absolute atomic E-state index is 6.23.